The van der Waals surface area contributed by atoms with Gasteiger partial charge in [-0.1, -0.05) is 35.5 Å². The van der Waals surface area contributed by atoms with Gasteiger partial charge in [-0.25, -0.2) is 0 Å². The second kappa shape index (κ2) is 4.25. The van der Waals surface area contributed by atoms with Gasteiger partial charge in [0.2, 0.25) is 0 Å². The number of nitrogens with one attached hydrogen (secondary N) is 1. The van der Waals surface area contributed by atoms with Gasteiger partial charge in [0.05, 0.1) is 6.20 Å². The molecule has 0 spiro atoms. The minimum absolute atomic E-state index is 0.147. The highest BCUT2D eigenvalue weighted by Crippen LogP contribution is 2.40. The Morgan fingerprint density at radius 1 is 1.39 bits per heavy atom. The summed E-state index contributed by atoms with van der Waals surface area (Å²) in [7, 11) is 1.74. The lowest BCUT2D eigenvalue weighted by molar-refractivity contribution is 0.0945. The van der Waals surface area contributed by atoms with E-state index in [1.54, 1.807) is 13.2 Å². The maximum atomic E-state index is 11.9. The molecule has 0 aliphatic heterocycles. The van der Waals surface area contributed by atoms with E-state index in [4.69, 9.17) is 0 Å². The Labute approximate surface area is 105 Å². The number of carbonyl (C=O) groups excluding carboxylic acids is 1. The lowest BCUT2D eigenvalue weighted by Crippen LogP contribution is -2.26. The molecule has 1 fully saturated rings. The first-order valence-electron chi connectivity index (χ1n) is 5.96. The van der Waals surface area contributed by atoms with E-state index < -0.39 is 0 Å². The summed E-state index contributed by atoms with van der Waals surface area (Å²) in [6.45, 7) is 0. The molecule has 1 saturated carbocycles. The SMILES string of the molecule is Cn1cc(C(=O)N[C@@H]2C[C@H]2c2ccccc2)nn1. The predicted molar refractivity (Wildman–Crippen MR) is 66.1 cm³/mol. The van der Waals surface area contributed by atoms with Crippen LogP contribution in [0.15, 0.2) is 36.5 Å². The summed E-state index contributed by atoms with van der Waals surface area (Å²) in [5.41, 5.74) is 1.65. The quantitative estimate of drug-likeness (QED) is 0.876. The maximum absolute atomic E-state index is 11.9. The third kappa shape index (κ3) is 2.11. The maximum Gasteiger partial charge on any atom is 0.273 e. The molecule has 0 saturated heterocycles. The van der Waals surface area contributed by atoms with Crippen LogP contribution in [0.2, 0.25) is 0 Å². The number of nitrogens with zero attached hydrogens (tertiary/aromatic N) is 3. The van der Waals surface area contributed by atoms with Crippen molar-refractivity contribution in [2.75, 3.05) is 0 Å². The van der Waals surface area contributed by atoms with Crippen molar-refractivity contribution in [3.63, 3.8) is 0 Å². The molecule has 1 amide bonds. The molecule has 92 valence electrons. The molecule has 18 heavy (non-hydrogen) atoms. The first-order chi connectivity index (χ1) is 8.74. The Kier molecular flexibility index (Phi) is 2.59. The summed E-state index contributed by atoms with van der Waals surface area (Å²) in [6, 6.07) is 10.5. The van der Waals surface area contributed by atoms with Gasteiger partial charge in [0, 0.05) is 19.0 Å². The number of aromatic nitrogens is 3. The van der Waals surface area contributed by atoms with Crippen LogP contribution in [0.3, 0.4) is 0 Å². The molecule has 2 aromatic rings. The predicted octanol–water partition coefficient (Wildman–Crippen LogP) is 1.10. The van der Waals surface area contributed by atoms with Crippen LogP contribution in [-0.2, 0) is 7.05 Å². The average molecular weight is 242 g/mol. The smallest absolute Gasteiger partial charge is 0.273 e. The van der Waals surface area contributed by atoms with E-state index in [2.05, 4.69) is 27.8 Å². The van der Waals surface area contributed by atoms with E-state index in [1.807, 2.05) is 18.2 Å². The fraction of sp³-hybridized carbons (Fsp3) is 0.308. The van der Waals surface area contributed by atoms with Crippen molar-refractivity contribution in [1.82, 2.24) is 20.3 Å². The van der Waals surface area contributed by atoms with Crippen LogP contribution in [0.1, 0.15) is 28.4 Å². The van der Waals surface area contributed by atoms with E-state index in [1.165, 1.54) is 10.2 Å². The van der Waals surface area contributed by atoms with Gasteiger partial charge in [-0.2, -0.15) is 0 Å². The van der Waals surface area contributed by atoms with Gasteiger partial charge in [-0.15, -0.1) is 5.10 Å². The van der Waals surface area contributed by atoms with Crippen molar-refractivity contribution in [2.45, 2.75) is 18.4 Å². The highest BCUT2D eigenvalue weighted by Gasteiger charge is 2.39. The van der Waals surface area contributed by atoms with Crippen LogP contribution in [0, 0.1) is 0 Å². The van der Waals surface area contributed by atoms with E-state index in [0.29, 0.717) is 11.6 Å². The largest absolute Gasteiger partial charge is 0.347 e. The van der Waals surface area contributed by atoms with Crippen molar-refractivity contribution >= 4 is 5.91 Å². The molecule has 1 aliphatic carbocycles. The van der Waals surface area contributed by atoms with Gasteiger partial charge in [0.15, 0.2) is 5.69 Å². The first-order valence-corrected chi connectivity index (χ1v) is 5.96. The Balaban J connectivity index is 1.62. The van der Waals surface area contributed by atoms with Crippen molar-refractivity contribution in [3.05, 3.63) is 47.8 Å². The third-order valence-electron chi connectivity index (χ3n) is 3.17. The molecule has 1 heterocycles. The van der Waals surface area contributed by atoms with Crippen molar-refractivity contribution in [2.24, 2.45) is 7.05 Å². The Morgan fingerprint density at radius 3 is 2.83 bits per heavy atom. The zero-order chi connectivity index (χ0) is 12.5. The van der Waals surface area contributed by atoms with Crippen molar-refractivity contribution in [1.29, 1.82) is 0 Å². The number of hydrogen-bond acceptors (Lipinski definition) is 3. The Hall–Kier alpha value is -2.17. The third-order valence-corrected chi connectivity index (χ3v) is 3.17. The van der Waals surface area contributed by atoms with Crippen LogP contribution in [0.25, 0.3) is 0 Å². The van der Waals surface area contributed by atoms with Gasteiger partial charge < -0.3 is 5.32 Å². The number of amides is 1. The molecule has 2 atom stereocenters. The fourth-order valence-corrected chi connectivity index (χ4v) is 2.12. The number of benzene rings is 1. The number of carbonyl (C=O) groups is 1. The first kappa shape index (κ1) is 11.0. The zero-order valence-electron chi connectivity index (χ0n) is 10.1. The summed E-state index contributed by atoms with van der Waals surface area (Å²) < 4.78 is 1.52. The van der Waals surface area contributed by atoms with Crippen LogP contribution in [0.4, 0.5) is 0 Å². The molecule has 1 aromatic carbocycles. The number of hydrogen-bond donors (Lipinski definition) is 1. The molecule has 0 radical (unpaired) electrons. The summed E-state index contributed by atoms with van der Waals surface area (Å²) in [5.74, 6) is 0.290. The molecule has 0 bridgehead atoms. The zero-order valence-corrected chi connectivity index (χ0v) is 10.1. The molecule has 1 aliphatic rings. The van der Waals surface area contributed by atoms with E-state index >= 15 is 0 Å². The van der Waals surface area contributed by atoms with Crippen LogP contribution in [0.5, 0.6) is 0 Å². The molecule has 1 aromatic heterocycles. The van der Waals surface area contributed by atoms with Gasteiger partial charge in [0.25, 0.3) is 5.91 Å². The van der Waals surface area contributed by atoms with Crippen molar-refractivity contribution < 1.29 is 4.79 Å². The Morgan fingerprint density at radius 2 is 2.17 bits per heavy atom. The summed E-state index contributed by atoms with van der Waals surface area (Å²) in [6.07, 6.45) is 2.62. The van der Waals surface area contributed by atoms with Gasteiger partial charge in [0.1, 0.15) is 0 Å². The number of aryl methyl sites for hydroxylation is 1. The van der Waals surface area contributed by atoms with Crippen LogP contribution in [-0.4, -0.2) is 26.9 Å². The Bertz CT molecular complexity index is 563. The molecule has 1 N–H and O–H groups in total. The van der Waals surface area contributed by atoms with E-state index in [0.717, 1.165) is 6.42 Å². The van der Waals surface area contributed by atoms with E-state index in [9.17, 15) is 4.79 Å². The number of rotatable bonds is 3. The van der Waals surface area contributed by atoms with Gasteiger partial charge in [-0.05, 0) is 12.0 Å². The monoisotopic (exact) mass is 242 g/mol. The van der Waals surface area contributed by atoms with Crippen LogP contribution >= 0.6 is 0 Å². The minimum atomic E-state index is -0.147. The second-order valence-electron chi connectivity index (χ2n) is 4.61. The lowest BCUT2D eigenvalue weighted by Gasteiger charge is -2.02. The standard InChI is InChI=1S/C13H14N4O/c1-17-8-12(15-16-17)13(18)14-11-7-10(11)9-5-3-2-4-6-9/h2-6,8,10-11H,7H2,1H3,(H,14,18)/t10-,11+/m0/s1. The highest BCUT2D eigenvalue weighted by molar-refractivity contribution is 5.92. The van der Waals surface area contributed by atoms with Gasteiger partial charge >= 0.3 is 0 Å². The minimum Gasteiger partial charge on any atom is -0.347 e. The normalized spacial score (nSPS) is 21.6. The second-order valence-corrected chi connectivity index (χ2v) is 4.61. The molecule has 0 unspecified atom stereocenters. The average Bonchev–Trinajstić information content (AvgIpc) is 3.01. The summed E-state index contributed by atoms with van der Waals surface area (Å²) in [5, 5.41) is 10.5. The molecule has 5 heteroatoms. The topological polar surface area (TPSA) is 59.8 Å². The van der Waals surface area contributed by atoms with E-state index in [-0.39, 0.29) is 11.9 Å². The highest BCUT2D eigenvalue weighted by atomic mass is 16.2. The summed E-state index contributed by atoms with van der Waals surface area (Å²) >= 11 is 0. The van der Waals surface area contributed by atoms with Crippen LogP contribution < -0.4 is 5.32 Å². The molecule has 3 rings (SSSR count). The summed E-state index contributed by atoms with van der Waals surface area (Å²) in [4.78, 5) is 11.9. The van der Waals surface area contributed by atoms with Gasteiger partial charge in [-0.3, -0.25) is 9.48 Å². The lowest BCUT2D eigenvalue weighted by atomic mass is 10.1. The molecular formula is C13H14N4O. The fourth-order valence-electron chi connectivity index (χ4n) is 2.12. The molecular weight excluding hydrogens is 228 g/mol. The van der Waals surface area contributed by atoms with Crippen molar-refractivity contribution in [3.8, 4) is 0 Å². The molecule has 5 nitrogen and oxygen atoms in total.